The number of anilines is 1. The third-order valence-electron chi connectivity index (χ3n) is 4.41. The maximum Gasteiger partial charge on any atom is 0.219 e. The topological polar surface area (TPSA) is 73.4 Å². The van der Waals surface area contributed by atoms with Gasteiger partial charge in [0.05, 0.1) is 17.6 Å². The van der Waals surface area contributed by atoms with Crippen LogP contribution in [0.5, 0.6) is 11.6 Å². The highest BCUT2D eigenvalue weighted by Gasteiger charge is 2.14. The van der Waals surface area contributed by atoms with Gasteiger partial charge in [-0.3, -0.25) is 0 Å². The number of nitrogens with zero attached hydrogens (tertiary/aromatic N) is 3. The molecule has 0 unspecified atom stereocenters. The SMILES string of the molecule is Nc1ccc(Oc2ccnc(N=C(c3ccccc3)c3ccccc3)c2CI)nc1. The zero-order valence-corrected chi connectivity index (χ0v) is 18.2. The van der Waals surface area contributed by atoms with Gasteiger partial charge in [-0.25, -0.2) is 15.0 Å². The average molecular weight is 506 g/mol. The van der Waals surface area contributed by atoms with Crippen LogP contribution in [0, 0.1) is 0 Å². The van der Waals surface area contributed by atoms with E-state index in [1.165, 1.54) is 0 Å². The Bertz CT molecular complexity index is 1110. The van der Waals surface area contributed by atoms with Crippen molar-refractivity contribution in [3.8, 4) is 11.6 Å². The van der Waals surface area contributed by atoms with Crippen molar-refractivity contribution in [3.63, 3.8) is 0 Å². The summed E-state index contributed by atoms with van der Waals surface area (Å²) < 4.78 is 6.69. The lowest BCUT2D eigenvalue weighted by Gasteiger charge is -2.12. The smallest absolute Gasteiger partial charge is 0.219 e. The fraction of sp³-hybridized carbons (Fsp3) is 0.0417. The van der Waals surface area contributed by atoms with Crippen LogP contribution in [0.3, 0.4) is 0 Å². The van der Waals surface area contributed by atoms with Crippen molar-refractivity contribution in [1.29, 1.82) is 0 Å². The summed E-state index contributed by atoms with van der Waals surface area (Å²) in [6.45, 7) is 0. The Labute approximate surface area is 188 Å². The fourth-order valence-corrected chi connectivity index (χ4v) is 3.66. The second-order valence-electron chi connectivity index (χ2n) is 6.47. The fourth-order valence-electron chi connectivity index (χ4n) is 2.94. The van der Waals surface area contributed by atoms with Crippen LogP contribution in [0.15, 0.2) is 96.2 Å². The summed E-state index contributed by atoms with van der Waals surface area (Å²) in [5, 5.41) is 0. The normalized spacial score (nSPS) is 10.4. The molecular formula is C24H19IN4O. The molecule has 0 aliphatic carbocycles. The number of ether oxygens (including phenoxy) is 1. The lowest BCUT2D eigenvalue weighted by molar-refractivity contribution is 0.459. The van der Waals surface area contributed by atoms with Crippen LogP contribution in [0.25, 0.3) is 0 Å². The van der Waals surface area contributed by atoms with Crippen molar-refractivity contribution in [3.05, 3.63) is 108 Å². The number of rotatable bonds is 6. The molecule has 0 bridgehead atoms. The van der Waals surface area contributed by atoms with E-state index in [1.807, 2.05) is 66.7 Å². The molecule has 0 fully saturated rings. The molecule has 0 saturated heterocycles. The average Bonchev–Trinajstić information content (AvgIpc) is 2.80. The van der Waals surface area contributed by atoms with Crippen LogP contribution in [-0.4, -0.2) is 15.7 Å². The lowest BCUT2D eigenvalue weighted by Crippen LogP contribution is -2.04. The molecule has 2 N–H and O–H groups in total. The molecule has 0 atom stereocenters. The molecule has 148 valence electrons. The molecule has 30 heavy (non-hydrogen) atoms. The monoisotopic (exact) mass is 506 g/mol. The molecular weight excluding hydrogens is 487 g/mol. The Hall–Kier alpha value is -3.26. The second kappa shape index (κ2) is 9.49. The largest absolute Gasteiger partial charge is 0.439 e. The van der Waals surface area contributed by atoms with Crippen molar-refractivity contribution in [2.24, 2.45) is 4.99 Å². The first-order valence-electron chi connectivity index (χ1n) is 9.37. The van der Waals surface area contributed by atoms with E-state index in [0.717, 1.165) is 22.4 Å². The number of hydrogen-bond donors (Lipinski definition) is 1. The molecule has 4 aromatic rings. The second-order valence-corrected chi connectivity index (χ2v) is 7.23. The van der Waals surface area contributed by atoms with Gasteiger partial charge in [0.2, 0.25) is 5.88 Å². The Morgan fingerprint density at radius 2 is 1.53 bits per heavy atom. The van der Waals surface area contributed by atoms with E-state index >= 15 is 0 Å². The summed E-state index contributed by atoms with van der Waals surface area (Å²) in [6.07, 6.45) is 3.27. The first-order chi connectivity index (χ1) is 14.7. The van der Waals surface area contributed by atoms with E-state index in [-0.39, 0.29) is 0 Å². The van der Waals surface area contributed by atoms with Gasteiger partial charge in [-0.2, -0.15) is 0 Å². The van der Waals surface area contributed by atoms with Crippen molar-refractivity contribution in [2.45, 2.75) is 4.43 Å². The third kappa shape index (κ3) is 4.65. The number of nitrogens with two attached hydrogens (primary N) is 1. The maximum absolute atomic E-state index is 6.01. The Morgan fingerprint density at radius 1 is 0.867 bits per heavy atom. The minimum absolute atomic E-state index is 0.475. The van der Waals surface area contributed by atoms with Gasteiger partial charge in [0.15, 0.2) is 5.82 Å². The molecule has 2 aromatic heterocycles. The van der Waals surface area contributed by atoms with Crippen LogP contribution in [-0.2, 0) is 4.43 Å². The van der Waals surface area contributed by atoms with Crippen LogP contribution in [0.4, 0.5) is 11.5 Å². The summed E-state index contributed by atoms with van der Waals surface area (Å²) >= 11 is 2.30. The number of nitrogen functional groups attached to an aromatic ring is 1. The Kier molecular flexibility index (Phi) is 6.34. The predicted molar refractivity (Wildman–Crippen MR) is 129 cm³/mol. The lowest BCUT2D eigenvalue weighted by atomic mass is 10.0. The van der Waals surface area contributed by atoms with Gasteiger partial charge in [-0.1, -0.05) is 83.3 Å². The number of halogens is 1. The summed E-state index contributed by atoms with van der Waals surface area (Å²) in [5.74, 6) is 1.78. The summed E-state index contributed by atoms with van der Waals surface area (Å²) in [4.78, 5) is 13.7. The van der Waals surface area contributed by atoms with Crippen molar-refractivity contribution in [1.82, 2.24) is 9.97 Å². The van der Waals surface area contributed by atoms with E-state index in [2.05, 4.69) is 32.6 Å². The molecule has 6 heteroatoms. The molecule has 0 spiro atoms. The maximum atomic E-state index is 6.01. The van der Waals surface area contributed by atoms with E-state index in [4.69, 9.17) is 15.5 Å². The predicted octanol–water partition coefficient (Wildman–Crippen LogP) is 5.96. The number of benzene rings is 2. The van der Waals surface area contributed by atoms with E-state index in [0.29, 0.717) is 27.6 Å². The highest BCUT2D eigenvalue weighted by molar-refractivity contribution is 14.1. The van der Waals surface area contributed by atoms with Crippen LogP contribution in [0.2, 0.25) is 0 Å². The standard InChI is InChI=1S/C24H19IN4O/c25-15-20-21(30-22-12-11-19(26)16-28-22)13-14-27-24(20)29-23(17-7-3-1-4-8-17)18-9-5-2-6-10-18/h1-14,16H,15,26H2. The summed E-state index contributed by atoms with van der Waals surface area (Å²) in [5.41, 5.74) is 10.1. The van der Waals surface area contributed by atoms with E-state index < -0.39 is 0 Å². The third-order valence-corrected chi connectivity index (χ3v) is 5.17. The van der Waals surface area contributed by atoms with Crippen LogP contribution in [0.1, 0.15) is 16.7 Å². The van der Waals surface area contributed by atoms with Gasteiger partial charge >= 0.3 is 0 Å². The van der Waals surface area contributed by atoms with Crippen molar-refractivity contribution in [2.75, 3.05) is 5.73 Å². The van der Waals surface area contributed by atoms with Gasteiger partial charge in [0.25, 0.3) is 0 Å². The zero-order valence-electron chi connectivity index (χ0n) is 16.1. The van der Waals surface area contributed by atoms with Crippen molar-refractivity contribution >= 4 is 39.8 Å². The number of alkyl halides is 1. The number of hydrogen-bond acceptors (Lipinski definition) is 5. The zero-order chi connectivity index (χ0) is 20.8. The summed E-state index contributed by atoms with van der Waals surface area (Å²) in [6, 6.07) is 25.5. The van der Waals surface area contributed by atoms with Crippen LogP contribution >= 0.6 is 22.6 Å². The molecule has 0 radical (unpaired) electrons. The van der Waals surface area contributed by atoms with Crippen LogP contribution < -0.4 is 10.5 Å². The highest BCUT2D eigenvalue weighted by Crippen LogP contribution is 2.33. The van der Waals surface area contributed by atoms with E-state index in [9.17, 15) is 0 Å². The van der Waals surface area contributed by atoms with Crippen molar-refractivity contribution < 1.29 is 4.74 Å². The molecule has 0 amide bonds. The van der Waals surface area contributed by atoms with Gasteiger partial charge < -0.3 is 10.5 Å². The van der Waals surface area contributed by atoms with E-state index in [1.54, 1.807) is 24.5 Å². The minimum atomic E-state index is 0.475. The number of pyridine rings is 2. The molecule has 0 saturated carbocycles. The molecule has 0 aliphatic heterocycles. The molecule has 5 nitrogen and oxygen atoms in total. The van der Waals surface area contributed by atoms with Gasteiger partial charge in [-0.15, -0.1) is 0 Å². The quantitative estimate of drug-likeness (QED) is 0.199. The minimum Gasteiger partial charge on any atom is -0.439 e. The highest BCUT2D eigenvalue weighted by atomic mass is 127. The molecule has 4 rings (SSSR count). The molecule has 2 aromatic carbocycles. The molecule has 0 aliphatic rings. The number of aliphatic imine (C=N–C) groups is 1. The number of aromatic nitrogens is 2. The van der Waals surface area contributed by atoms with Gasteiger partial charge in [0, 0.05) is 33.4 Å². The first kappa shape index (κ1) is 20.0. The van der Waals surface area contributed by atoms with Gasteiger partial charge in [-0.05, 0) is 12.1 Å². The Morgan fingerprint density at radius 3 is 2.10 bits per heavy atom. The van der Waals surface area contributed by atoms with Gasteiger partial charge in [0.1, 0.15) is 5.75 Å². The Balaban J connectivity index is 1.79. The molecule has 2 heterocycles. The first-order valence-corrected chi connectivity index (χ1v) is 10.9. The summed E-state index contributed by atoms with van der Waals surface area (Å²) in [7, 11) is 0.